The Morgan fingerprint density at radius 3 is 2.95 bits per heavy atom. The van der Waals surface area contributed by atoms with Crippen LogP contribution in [-0.2, 0) is 13.7 Å². The first kappa shape index (κ1) is 11.8. The summed E-state index contributed by atoms with van der Waals surface area (Å²) in [4.78, 5) is 11.8. The molecule has 0 atom stereocenters. The largest absolute Gasteiger partial charge is 0.487 e. The summed E-state index contributed by atoms with van der Waals surface area (Å²) in [5.74, 6) is 0.740. The first-order chi connectivity index (χ1) is 10.6. The van der Waals surface area contributed by atoms with E-state index in [1.165, 1.54) is 7.05 Å². The first-order valence-electron chi connectivity index (χ1n) is 6.57. The molecule has 0 N–H and O–H groups in total. The van der Waals surface area contributed by atoms with Crippen molar-refractivity contribution >= 4 is 0 Å². The van der Waals surface area contributed by atoms with Crippen molar-refractivity contribution in [1.82, 2.24) is 30.1 Å². The van der Waals surface area contributed by atoms with Gasteiger partial charge in [0.2, 0.25) is 5.82 Å². The normalized spacial score (nSPS) is 11.4. The summed E-state index contributed by atoms with van der Waals surface area (Å²) in [6.07, 6.45) is 0. The number of benzene rings is 1. The Morgan fingerprint density at radius 1 is 1.38 bits per heavy atom. The molecule has 1 aromatic carbocycles. The second-order valence-corrected chi connectivity index (χ2v) is 4.31. The Hall–Kier alpha value is -2.97. The number of aromatic nitrogens is 6. The number of ether oxygens (including phenoxy) is 1. The lowest BCUT2D eigenvalue weighted by Gasteiger charge is -2.06. The van der Waals surface area contributed by atoms with Crippen molar-refractivity contribution in [3.05, 3.63) is 46.0 Å². The summed E-state index contributed by atoms with van der Waals surface area (Å²) in [6, 6.07) is 5.40. The average molecular weight is 290 g/mol. The minimum absolute atomic E-state index is 0.0417. The van der Waals surface area contributed by atoms with Gasteiger partial charge in [-0.05, 0) is 39.3 Å². The number of rotatable bonds is 4. The minimum Gasteiger partial charge on any atom is -0.487 e. The second-order valence-electron chi connectivity index (χ2n) is 4.31. The van der Waals surface area contributed by atoms with E-state index in [1.807, 2.05) is 6.92 Å². The van der Waals surface area contributed by atoms with Crippen LogP contribution >= 0.6 is 0 Å². The van der Waals surface area contributed by atoms with Crippen LogP contribution < -0.4 is 10.4 Å². The van der Waals surface area contributed by atoms with E-state index in [0.717, 1.165) is 14.9 Å². The SMILES string of the molecule is [3H]c1ccc(OCc2nonc2-n2nnn(C)c2=O)c(C)c1. The molecule has 0 aliphatic carbocycles. The molecule has 0 aliphatic rings. The minimum atomic E-state index is -0.466. The van der Waals surface area contributed by atoms with Gasteiger partial charge >= 0.3 is 5.69 Å². The highest BCUT2D eigenvalue weighted by molar-refractivity contribution is 5.32. The van der Waals surface area contributed by atoms with Crippen molar-refractivity contribution in [3.8, 4) is 11.6 Å². The molecule has 0 bridgehead atoms. The summed E-state index contributed by atoms with van der Waals surface area (Å²) < 4.78 is 19.9. The van der Waals surface area contributed by atoms with Crippen LogP contribution in [0.3, 0.4) is 0 Å². The molecule has 2 heterocycles. The molecule has 0 unspecified atom stereocenters. The number of nitrogens with zero attached hydrogens (tertiary/aromatic N) is 6. The second kappa shape index (κ2) is 5.19. The van der Waals surface area contributed by atoms with Crippen LogP contribution in [0.25, 0.3) is 5.82 Å². The molecule has 0 radical (unpaired) electrons. The highest BCUT2D eigenvalue weighted by Crippen LogP contribution is 2.18. The lowest BCUT2D eigenvalue weighted by atomic mass is 10.2. The summed E-state index contributed by atoms with van der Waals surface area (Å²) >= 11 is 0. The maximum Gasteiger partial charge on any atom is 0.369 e. The molecular weight excluding hydrogens is 276 g/mol. The summed E-state index contributed by atoms with van der Waals surface area (Å²) in [5, 5.41) is 14.7. The number of tetrazole rings is 1. The van der Waals surface area contributed by atoms with Gasteiger partial charge in [0.15, 0.2) is 5.69 Å². The third kappa shape index (κ3) is 2.40. The summed E-state index contributed by atoms with van der Waals surface area (Å²) in [6.45, 7) is 1.88. The summed E-state index contributed by atoms with van der Waals surface area (Å²) in [5.41, 5.74) is 0.672. The van der Waals surface area contributed by atoms with E-state index < -0.39 is 5.69 Å². The van der Waals surface area contributed by atoms with Crippen LogP contribution in [-0.4, -0.2) is 30.1 Å². The fourth-order valence-corrected chi connectivity index (χ4v) is 1.71. The average Bonchev–Trinajstić information content (AvgIpc) is 3.06. The Balaban J connectivity index is 1.84. The standard InChI is InChI=1S/C12H12N6O3/c1-8-5-3-4-6-10(8)20-7-9-11(14-21-13-9)18-12(19)17(2)15-16-18/h3-6H,7H2,1-2H3/i3T. The van der Waals surface area contributed by atoms with Crippen molar-refractivity contribution < 1.29 is 10.7 Å². The van der Waals surface area contributed by atoms with Gasteiger partial charge < -0.3 is 4.74 Å². The molecule has 21 heavy (non-hydrogen) atoms. The Bertz CT molecular complexity index is 868. The summed E-state index contributed by atoms with van der Waals surface area (Å²) in [7, 11) is 1.47. The Kier molecular flexibility index (Phi) is 2.92. The van der Waals surface area contributed by atoms with Gasteiger partial charge in [-0.15, -0.1) is 4.68 Å². The van der Waals surface area contributed by atoms with Crippen LogP contribution in [0.4, 0.5) is 0 Å². The fourth-order valence-electron chi connectivity index (χ4n) is 1.71. The van der Waals surface area contributed by atoms with E-state index >= 15 is 0 Å². The van der Waals surface area contributed by atoms with Gasteiger partial charge in [-0.2, -0.15) is 4.68 Å². The zero-order valence-corrected chi connectivity index (χ0v) is 11.3. The van der Waals surface area contributed by atoms with Crippen LogP contribution in [0.2, 0.25) is 0 Å². The maximum absolute atomic E-state index is 11.8. The lowest BCUT2D eigenvalue weighted by Crippen LogP contribution is -2.23. The van der Waals surface area contributed by atoms with E-state index in [1.54, 1.807) is 18.2 Å². The molecule has 9 heteroatoms. The van der Waals surface area contributed by atoms with E-state index in [9.17, 15) is 4.79 Å². The third-order valence-corrected chi connectivity index (χ3v) is 2.84. The molecule has 2 aromatic heterocycles. The van der Waals surface area contributed by atoms with E-state index in [4.69, 9.17) is 6.11 Å². The van der Waals surface area contributed by atoms with Gasteiger partial charge in [0.25, 0.3) is 0 Å². The predicted octanol–water partition coefficient (Wildman–Crippen LogP) is 0.236. The number of hydrogen-bond donors (Lipinski definition) is 0. The molecule has 3 aromatic rings. The Labute approximate surface area is 120 Å². The molecular formula is C12H12N6O3. The van der Waals surface area contributed by atoms with Crippen LogP contribution in [0, 0.1) is 6.92 Å². The fraction of sp³-hybridized carbons (Fsp3) is 0.250. The lowest BCUT2D eigenvalue weighted by molar-refractivity contribution is 0.269. The molecule has 0 fully saturated rings. The van der Waals surface area contributed by atoms with Gasteiger partial charge in [0, 0.05) is 7.05 Å². The maximum atomic E-state index is 11.8. The highest BCUT2D eigenvalue weighted by Gasteiger charge is 2.17. The van der Waals surface area contributed by atoms with Crippen molar-refractivity contribution in [3.63, 3.8) is 0 Å². The third-order valence-electron chi connectivity index (χ3n) is 2.84. The molecule has 9 nitrogen and oxygen atoms in total. The zero-order chi connectivity index (χ0) is 15.7. The first-order valence-corrected chi connectivity index (χ1v) is 6.07. The number of hydrogen-bond acceptors (Lipinski definition) is 7. The van der Waals surface area contributed by atoms with Gasteiger partial charge in [-0.3, -0.25) is 0 Å². The molecule has 108 valence electrons. The van der Waals surface area contributed by atoms with Gasteiger partial charge in [0.1, 0.15) is 12.4 Å². The van der Waals surface area contributed by atoms with Gasteiger partial charge in [-0.25, -0.2) is 9.42 Å². The molecule has 0 amide bonds. The molecule has 0 aliphatic heterocycles. The quantitative estimate of drug-likeness (QED) is 0.678. The monoisotopic (exact) mass is 290 g/mol. The van der Waals surface area contributed by atoms with E-state index in [0.29, 0.717) is 17.5 Å². The van der Waals surface area contributed by atoms with Crippen molar-refractivity contribution in [2.75, 3.05) is 0 Å². The van der Waals surface area contributed by atoms with Crippen molar-refractivity contribution in [1.29, 1.82) is 0 Å². The molecule has 0 saturated heterocycles. The smallest absolute Gasteiger partial charge is 0.369 e. The van der Waals surface area contributed by atoms with E-state index in [2.05, 4.69) is 25.4 Å². The Morgan fingerprint density at radius 2 is 2.24 bits per heavy atom. The van der Waals surface area contributed by atoms with Crippen molar-refractivity contribution in [2.45, 2.75) is 13.5 Å². The molecule has 0 saturated carbocycles. The van der Waals surface area contributed by atoms with Crippen LogP contribution in [0.15, 0.2) is 33.7 Å². The van der Waals surface area contributed by atoms with Gasteiger partial charge in [-0.1, -0.05) is 18.2 Å². The van der Waals surface area contributed by atoms with E-state index in [-0.39, 0.29) is 12.4 Å². The van der Waals surface area contributed by atoms with Crippen LogP contribution in [0.5, 0.6) is 5.75 Å². The number of para-hydroxylation sites is 1. The predicted molar refractivity (Wildman–Crippen MR) is 70.0 cm³/mol. The van der Waals surface area contributed by atoms with Crippen molar-refractivity contribution in [2.24, 2.45) is 7.05 Å². The highest BCUT2D eigenvalue weighted by atomic mass is 16.6. The zero-order valence-electron chi connectivity index (χ0n) is 12.3. The van der Waals surface area contributed by atoms with Gasteiger partial charge in [0.05, 0.1) is 1.37 Å². The molecule has 0 spiro atoms. The topological polar surface area (TPSA) is 101 Å². The molecule has 3 rings (SSSR count). The number of aryl methyl sites for hydroxylation is 2. The van der Waals surface area contributed by atoms with Crippen LogP contribution in [0.1, 0.15) is 12.6 Å².